The van der Waals surface area contributed by atoms with Crippen LogP contribution in [0.2, 0.25) is 0 Å². The van der Waals surface area contributed by atoms with Crippen molar-refractivity contribution in [1.82, 2.24) is 14.9 Å². The third-order valence-electron chi connectivity index (χ3n) is 6.11. The van der Waals surface area contributed by atoms with Crippen LogP contribution >= 0.6 is 28.1 Å². The molecule has 2 aromatic carbocycles. The van der Waals surface area contributed by atoms with Gasteiger partial charge in [-0.3, -0.25) is 4.98 Å². The molecular formula is C27H25BrN4S. The molecule has 2 unspecified atom stereocenters. The second-order valence-corrected chi connectivity index (χ2v) is 9.83. The number of halogens is 1. The molecule has 6 heteroatoms. The average Bonchev–Trinajstić information content (AvgIpc) is 3.44. The van der Waals surface area contributed by atoms with Crippen LogP contribution in [0.3, 0.4) is 0 Å². The number of hydrogen-bond acceptors (Lipinski definition) is 2. The van der Waals surface area contributed by atoms with E-state index < -0.39 is 0 Å². The van der Waals surface area contributed by atoms with E-state index in [4.69, 9.17) is 12.2 Å². The van der Waals surface area contributed by atoms with Crippen LogP contribution in [0.15, 0.2) is 95.7 Å². The van der Waals surface area contributed by atoms with Gasteiger partial charge in [-0.05, 0) is 78.3 Å². The van der Waals surface area contributed by atoms with E-state index in [1.165, 1.54) is 5.56 Å². The summed E-state index contributed by atoms with van der Waals surface area (Å²) in [5, 5.41) is 4.26. The van der Waals surface area contributed by atoms with Crippen LogP contribution < -0.4 is 10.2 Å². The zero-order chi connectivity index (χ0) is 22.9. The Kier molecular flexibility index (Phi) is 6.04. The highest BCUT2D eigenvalue weighted by Crippen LogP contribution is 2.42. The molecule has 33 heavy (non-hydrogen) atoms. The molecule has 0 saturated carbocycles. The van der Waals surface area contributed by atoms with Gasteiger partial charge in [0, 0.05) is 33.9 Å². The summed E-state index contributed by atoms with van der Waals surface area (Å²) in [4.78, 5) is 6.90. The van der Waals surface area contributed by atoms with Gasteiger partial charge in [0.15, 0.2) is 5.11 Å². The van der Waals surface area contributed by atoms with Crippen molar-refractivity contribution in [2.45, 2.75) is 31.8 Å². The molecule has 0 spiro atoms. The monoisotopic (exact) mass is 516 g/mol. The predicted molar refractivity (Wildman–Crippen MR) is 142 cm³/mol. The number of nitrogens with one attached hydrogen (secondary N) is 1. The first kappa shape index (κ1) is 21.9. The fourth-order valence-electron chi connectivity index (χ4n) is 4.45. The van der Waals surface area contributed by atoms with Gasteiger partial charge in [-0.2, -0.15) is 0 Å². The van der Waals surface area contributed by atoms with Gasteiger partial charge < -0.3 is 14.8 Å². The minimum absolute atomic E-state index is 0.0636. The molecule has 4 aromatic rings. The van der Waals surface area contributed by atoms with Crippen LogP contribution in [0, 0.1) is 0 Å². The first-order valence-electron chi connectivity index (χ1n) is 11.1. The van der Waals surface area contributed by atoms with Gasteiger partial charge in [0.25, 0.3) is 0 Å². The first-order valence-corrected chi connectivity index (χ1v) is 12.3. The van der Waals surface area contributed by atoms with E-state index in [-0.39, 0.29) is 12.1 Å². The average molecular weight is 517 g/mol. The summed E-state index contributed by atoms with van der Waals surface area (Å²) in [6.07, 6.45) is 3.94. The van der Waals surface area contributed by atoms with Gasteiger partial charge >= 0.3 is 0 Å². The van der Waals surface area contributed by atoms with E-state index in [0.29, 0.717) is 11.0 Å². The maximum absolute atomic E-state index is 5.89. The second-order valence-electron chi connectivity index (χ2n) is 8.53. The molecule has 1 saturated heterocycles. The lowest BCUT2D eigenvalue weighted by atomic mass is 9.99. The van der Waals surface area contributed by atoms with E-state index in [9.17, 15) is 0 Å². The Morgan fingerprint density at radius 3 is 2.45 bits per heavy atom. The summed E-state index contributed by atoms with van der Waals surface area (Å²) in [7, 11) is 0. The standard InChI is InChI=1S/C27H25BrN4S/c1-18(2)19-11-13-21(14-12-19)32-26(25(30-27(32)33)23-9-3-4-15-29-23)24-10-6-16-31(24)22-8-5-7-20(28)17-22/h3-18,25-26H,1-2H3,(H,30,33). The van der Waals surface area contributed by atoms with Crippen LogP contribution in [0.5, 0.6) is 0 Å². The number of anilines is 1. The van der Waals surface area contributed by atoms with Crippen molar-refractivity contribution in [1.29, 1.82) is 0 Å². The first-order chi connectivity index (χ1) is 16.0. The van der Waals surface area contributed by atoms with Crippen molar-refractivity contribution >= 4 is 38.9 Å². The minimum atomic E-state index is -0.0794. The van der Waals surface area contributed by atoms with Gasteiger partial charge in [-0.25, -0.2) is 0 Å². The van der Waals surface area contributed by atoms with E-state index in [1.54, 1.807) is 0 Å². The van der Waals surface area contributed by atoms with Crippen LogP contribution in [0.25, 0.3) is 5.69 Å². The van der Waals surface area contributed by atoms with Crippen molar-refractivity contribution in [2.75, 3.05) is 4.90 Å². The lowest BCUT2D eigenvalue weighted by Crippen LogP contribution is -2.30. The minimum Gasteiger partial charge on any atom is -0.351 e. The molecule has 2 aromatic heterocycles. The molecule has 0 aliphatic carbocycles. The van der Waals surface area contributed by atoms with Gasteiger partial charge in [0.1, 0.15) is 6.04 Å². The number of thiocarbonyl (C=S) groups is 1. The largest absolute Gasteiger partial charge is 0.351 e. The normalized spacial score (nSPS) is 18.1. The molecule has 5 rings (SSSR count). The SMILES string of the molecule is CC(C)c1ccc(N2C(=S)NC(c3ccccn3)C2c2cccn2-c2cccc(Br)c2)cc1. The molecule has 1 aliphatic heterocycles. The summed E-state index contributed by atoms with van der Waals surface area (Å²) >= 11 is 9.50. The number of nitrogens with zero attached hydrogens (tertiary/aromatic N) is 3. The van der Waals surface area contributed by atoms with Crippen LogP contribution in [-0.4, -0.2) is 14.7 Å². The van der Waals surface area contributed by atoms with Crippen LogP contribution in [0.4, 0.5) is 5.69 Å². The van der Waals surface area contributed by atoms with Crippen molar-refractivity contribution in [3.63, 3.8) is 0 Å². The van der Waals surface area contributed by atoms with Crippen molar-refractivity contribution in [2.24, 2.45) is 0 Å². The van der Waals surface area contributed by atoms with Gasteiger partial charge in [-0.1, -0.05) is 54.0 Å². The van der Waals surface area contributed by atoms with Crippen molar-refractivity contribution in [3.05, 3.63) is 113 Å². The summed E-state index contributed by atoms with van der Waals surface area (Å²) in [6, 6.07) is 27.2. The molecule has 2 atom stereocenters. The van der Waals surface area contributed by atoms with E-state index in [0.717, 1.165) is 27.2 Å². The molecule has 3 heterocycles. The number of benzene rings is 2. The number of rotatable bonds is 5. The molecule has 0 amide bonds. The van der Waals surface area contributed by atoms with E-state index in [1.807, 2.05) is 24.4 Å². The number of aromatic nitrogens is 2. The maximum atomic E-state index is 5.89. The molecule has 1 aliphatic rings. The molecule has 166 valence electrons. The lowest BCUT2D eigenvalue weighted by molar-refractivity contribution is 0.549. The van der Waals surface area contributed by atoms with Gasteiger partial charge in [-0.15, -0.1) is 0 Å². The van der Waals surface area contributed by atoms with E-state index in [2.05, 4.69) is 116 Å². The third-order valence-corrected chi connectivity index (χ3v) is 6.91. The predicted octanol–water partition coefficient (Wildman–Crippen LogP) is 6.94. The number of pyridine rings is 1. The zero-order valence-electron chi connectivity index (χ0n) is 18.5. The smallest absolute Gasteiger partial charge is 0.174 e. The fourth-order valence-corrected chi connectivity index (χ4v) is 5.18. The summed E-state index contributed by atoms with van der Waals surface area (Å²) in [6.45, 7) is 4.42. The topological polar surface area (TPSA) is 33.1 Å². The van der Waals surface area contributed by atoms with E-state index >= 15 is 0 Å². The summed E-state index contributed by atoms with van der Waals surface area (Å²) < 4.78 is 3.28. The van der Waals surface area contributed by atoms with Gasteiger partial charge in [0.05, 0.1) is 11.7 Å². The Balaban J connectivity index is 1.64. The molecule has 0 bridgehead atoms. The Labute approximate surface area is 208 Å². The Morgan fingerprint density at radius 1 is 0.939 bits per heavy atom. The highest BCUT2D eigenvalue weighted by atomic mass is 79.9. The Morgan fingerprint density at radius 2 is 1.76 bits per heavy atom. The Hall–Kier alpha value is -2.96. The molecule has 0 radical (unpaired) electrons. The molecular weight excluding hydrogens is 492 g/mol. The van der Waals surface area contributed by atoms with Gasteiger partial charge in [0.2, 0.25) is 0 Å². The highest BCUT2D eigenvalue weighted by molar-refractivity contribution is 9.10. The van der Waals surface area contributed by atoms with Crippen LogP contribution in [0.1, 0.15) is 48.8 Å². The quantitative estimate of drug-likeness (QED) is 0.291. The second kappa shape index (κ2) is 9.12. The van der Waals surface area contributed by atoms with Crippen molar-refractivity contribution in [3.8, 4) is 5.69 Å². The van der Waals surface area contributed by atoms with Crippen LogP contribution in [-0.2, 0) is 0 Å². The molecule has 1 fully saturated rings. The molecule has 1 N–H and O–H groups in total. The number of hydrogen-bond donors (Lipinski definition) is 1. The molecule has 4 nitrogen and oxygen atoms in total. The summed E-state index contributed by atoms with van der Waals surface area (Å²) in [5.74, 6) is 0.480. The Bertz CT molecular complexity index is 1270. The lowest BCUT2D eigenvalue weighted by Gasteiger charge is -2.29. The summed E-state index contributed by atoms with van der Waals surface area (Å²) in [5.41, 5.74) is 5.59. The highest BCUT2D eigenvalue weighted by Gasteiger charge is 2.42. The fraction of sp³-hybridized carbons (Fsp3) is 0.185. The maximum Gasteiger partial charge on any atom is 0.174 e. The van der Waals surface area contributed by atoms with Crippen molar-refractivity contribution < 1.29 is 0 Å². The third kappa shape index (κ3) is 4.21. The zero-order valence-corrected chi connectivity index (χ0v) is 20.9.